The number of hydrazine groups is 1. The van der Waals surface area contributed by atoms with Gasteiger partial charge in [-0.1, -0.05) is 6.07 Å². The summed E-state index contributed by atoms with van der Waals surface area (Å²) in [5, 5.41) is 3.41. The van der Waals surface area contributed by atoms with Gasteiger partial charge in [0.25, 0.3) is 5.91 Å². The van der Waals surface area contributed by atoms with Crippen LogP contribution in [0.25, 0.3) is 0 Å². The maximum atomic E-state index is 12.1. The minimum Gasteiger partial charge on any atom is -0.481 e. The van der Waals surface area contributed by atoms with Crippen LogP contribution in [0.3, 0.4) is 0 Å². The summed E-state index contributed by atoms with van der Waals surface area (Å²) in [5.41, 5.74) is 7.98. The highest BCUT2D eigenvalue weighted by atomic mass is 32.1. The smallest absolute Gasteiger partial charge is 0.279 e. The van der Waals surface area contributed by atoms with E-state index in [0.717, 1.165) is 38.0 Å². The molecule has 2 atom stereocenters. The fourth-order valence-electron chi connectivity index (χ4n) is 3.16. The third-order valence-electron chi connectivity index (χ3n) is 4.57. The minimum absolute atomic E-state index is 0.192. The van der Waals surface area contributed by atoms with Crippen molar-refractivity contribution in [2.24, 2.45) is 0 Å². The average molecular weight is 363 g/mol. The predicted molar refractivity (Wildman–Crippen MR) is 99.4 cm³/mol. The maximum absolute atomic E-state index is 12.1. The molecule has 25 heavy (non-hydrogen) atoms. The van der Waals surface area contributed by atoms with E-state index < -0.39 is 6.10 Å². The second-order valence-electron chi connectivity index (χ2n) is 6.50. The Morgan fingerprint density at radius 2 is 2.16 bits per heavy atom. The number of hydrogen-bond acceptors (Lipinski definition) is 4. The number of benzene rings is 1. The monoisotopic (exact) mass is 363 g/mol. The van der Waals surface area contributed by atoms with Gasteiger partial charge < -0.3 is 14.8 Å². The van der Waals surface area contributed by atoms with Gasteiger partial charge in [-0.25, -0.2) is 0 Å². The summed E-state index contributed by atoms with van der Waals surface area (Å²) in [6.07, 6.45) is 5.10. The van der Waals surface area contributed by atoms with Crippen LogP contribution < -0.4 is 20.9 Å². The molecule has 2 aliphatic rings. The van der Waals surface area contributed by atoms with Crippen LogP contribution in [0.1, 0.15) is 37.3 Å². The van der Waals surface area contributed by atoms with Gasteiger partial charge >= 0.3 is 0 Å². The zero-order valence-electron chi connectivity index (χ0n) is 14.5. The van der Waals surface area contributed by atoms with E-state index in [1.54, 1.807) is 6.92 Å². The van der Waals surface area contributed by atoms with Gasteiger partial charge in [0.05, 0.1) is 6.10 Å². The van der Waals surface area contributed by atoms with Gasteiger partial charge in [-0.15, -0.1) is 0 Å². The number of carbonyl (C=O) groups is 1. The molecule has 1 fully saturated rings. The van der Waals surface area contributed by atoms with E-state index in [-0.39, 0.29) is 12.0 Å². The molecule has 0 unspecified atom stereocenters. The normalized spacial score (nSPS) is 19.8. The zero-order valence-corrected chi connectivity index (χ0v) is 15.3. The molecule has 1 amide bonds. The molecule has 7 heteroatoms. The highest BCUT2D eigenvalue weighted by Gasteiger charge is 2.18. The molecule has 136 valence electrons. The van der Waals surface area contributed by atoms with E-state index in [1.165, 1.54) is 17.5 Å². The third kappa shape index (κ3) is 5.06. The SMILES string of the molecule is C[C@H](Oc1ccc2c(c1)CCC2)C(=O)NNC(=S)NC[C@H]1CCCO1. The van der Waals surface area contributed by atoms with Crippen LogP contribution in [0.4, 0.5) is 0 Å². The highest BCUT2D eigenvalue weighted by molar-refractivity contribution is 7.80. The standard InChI is InChI=1S/C18H25N3O3S/c1-12(24-15-8-7-13-4-2-5-14(13)10-15)17(22)20-21-18(25)19-11-16-6-3-9-23-16/h7-8,10,12,16H,2-6,9,11H2,1H3,(H,20,22)(H2,19,21,25)/t12-,16+/m0/s1. The van der Waals surface area contributed by atoms with E-state index in [4.69, 9.17) is 21.7 Å². The van der Waals surface area contributed by atoms with Crippen LogP contribution >= 0.6 is 12.2 Å². The number of rotatable bonds is 5. The summed E-state index contributed by atoms with van der Waals surface area (Å²) in [5.74, 6) is 0.448. The molecule has 0 saturated carbocycles. The Bertz CT molecular complexity index is 632. The van der Waals surface area contributed by atoms with Crippen molar-refractivity contribution < 1.29 is 14.3 Å². The van der Waals surface area contributed by atoms with Gasteiger partial charge in [0.1, 0.15) is 5.75 Å². The number of ether oxygens (including phenoxy) is 2. The molecule has 1 aromatic carbocycles. The third-order valence-corrected chi connectivity index (χ3v) is 4.81. The maximum Gasteiger partial charge on any atom is 0.279 e. The first-order valence-electron chi connectivity index (χ1n) is 8.85. The second kappa shape index (κ2) is 8.49. The Balaban J connectivity index is 1.39. The fraction of sp³-hybridized carbons (Fsp3) is 0.556. The lowest BCUT2D eigenvalue weighted by atomic mass is 10.1. The largest absolute Gasteiger partial charge is 0.481 e. The summed E-state index contributed by atoms with van der Waals surface area (Å²) in [4.78, 5) is 12.1. The lowest BCUT2D eigenvalue weighted by Crippen LogP contribution is -2.51. The average Bonchev–Trinajstić information content (AvgIpc) is 3.28. The molecular formula is C18H25N3O3S. The molecule has 0 spiro atoms. The van der Waals surface area contributed by atoms with Gasteiger partial charge in [0.2, 0.25) is 0 Å². The van der Waals surface area contributed by atoms with Crippen molar-refractivity contribution in [3.8, 4) is 5.75 Å². The van der Waals surface area contributed by atoms with Crippen LogP contribution in [0.15, 0.2) is 18.2 Å². The molecule has 0 aromatic heterocycles. The molecule has 6 nitrogen and oxygen atoms in total. The fourth-order valence-corrected chi connectivity index (χ4v) is 3.29. The Labute approximate surface area is 153 Å². The molecule has 1 aromatic rings. The van der Waals surface area contributed by atoms with E-state index in [0.29, 0.717) is 11.7 Å². The second-order valence-corrected chi connectivity index (χ2v) is 6.91. The zero-order chi connectivity index (χ0) is 17.6. The van der Waals surface area contributed by atoms with Crippen molar-refractivity contribution >= 4 is 23.2 Å². The lowest BCUT2D eigenvalue weighted by Gasteiger charge is -2.18. The van der Waals surface area contributed by atoms with Crippen LogP contribution in [-0.4, -0.2) is 36.4 Å². The van der Waals surface area contributed by atoms with E-state index >= 15 is 0 Å². The van der Waals surface area contributed by atoms with Crippen molar-refractivity contribution in [2.75, 3.05) is 13.2 Å². The molecular weight excluding hydrogens is 338 g/mol. The highest BCUT2D eigenvalue weighted by Crippen LogP contribution is 2.26. The Morgan fingerprint density at radius 1 is 1.32 bits per heavy atom. The van der Waals surface area contributed by atoms with Crippen LogP contribution in [0, 0.1) is 0 Å². The van der Waals surface area contributed by atoms with Crippen molar-refractivity contribution in [3.63, 3.8) is 0 Å². The van der Waals surface area contributed by atoms with Crippen molar-refractivity contribution in [2.45, 2.75) is 51.2 Å². The summed E-state index contributed by atoms with van der Waals surface area (Å²) in [6, 6.07) is 6.05. The quantitative estimate of drug-likeness (QED) is 0.545. The van der Waals surface area contributed by atoms with E-state index in [2.05, 4.69) is 22.2 Å². The van der Waals surface area contributed by atoms with Gasteiger partial charge in [0.15, 0.2) is 11.2 Å². The first-order valence-corrected chi connectivity index (χ1v) is 9.26. The molecule has 1 aliphatic carbocycles. The molecule has 1 heterocycles. The summed E-state index contributed by atoms with van der Waals surface area (Å²) in [6.45, 7) is 3.16. The predicted octanol–water partition coefficient (Wildman–Crippen LogP) is 1.62. The number of nitrogens with one attached hydrogen (secondary N) is 3. The molecule has 0 bridgehead atoms. The molecule has 3 rings (SSSR count). The Kier molecular flexibility index (Phi) is 6.09. The van der Waals surface area contributed by atoms with Crippen LogP contribution in [-0.2, 0) is 22.4 Å². The number of amides is 1. The molecule has 1 saturated heterocycles. The van der Waals surface area contributed by atoms with Gasteiger partial charge in [-0.2, -0.15) is 0 Å². The van der Waals surface area contributed by atoms with Crippen molar-refractivity contribution in [1.82, 2.24) is 16.2 Å². The minimum atomic E-state index is -0.618. The first-order chi connectivity index (χ1) is 12.1. The number of carbonyl (C=O) groups excluding carboxylic acids is 1. The van der Waals surface area contributed by atoms with E-state index in [9.17, 15) is 4.79 Å². The van der Waals surface area contributed by atoms with Gasteiger partial charge in [-0.05, 0) is 74.5 Å². The number of fused-ring (bicyclic) bond motifs is 1. The summed E-state index contributed by atoms with van der Waals surface area (Å²) >= 11 is 5.14. The summed E-state index contributed by atoms with van der Waals surface area (Å²) in [7, 11) is 0. The summed E-state index contributed by atoms with van der Waals surface area (Å²) < 4.78 is 11.2. The van der Waals surface area contributed by atoms with Crippen LogP contribution in [0.5, 0.6) is 5.75 Å². The van der Waals surface area contributed by atoms with Crippen molar-refractivity contribution in [3.05, 3.63) is 29.3 Å². The van der Waals surface area contributed by atoms with Gasteiger partial charge in [-0.3, -0.25) is 15.6 Å². The first kappa shape index (κ1) is 17.9. The number of aryl methyl sites for hydroxylation is 2. The topological polar surface area (TPSA) is 71.6 Å². The number of thiocarbonyl (C=S) groups is 1. The lowest BCUT2D eigenvalue weighted by molar-refractivity contribution is -0.127. The molecule has 1 aliphatic heterocycles. The Morgan fingerprint density at radius 3 is 2.96 bits per heavy atom. The molecule has 3 N–H and O–H groups in total. The van der Waals surface area contributed by atoms with Crippen LogP contribution in [0.2, 0.25) is 0 Å². The van der Waals surface area contributed by atoms with E-state index in [1.807, 2.05) is 12.1 Å². The Hall–Kier alpha value is -1.86. The van der Waals surface area contributed by atoms with Crippen molar-refractivity contribution in [1.29, 1.82) is 0 Å². The molecule has 0 radical (unpaired) electrons. The number of hydrogen-bond donors (Lipinski definition) is 3. The van der Waals surface area contributed by atoms with Gasteiger partial charge in [0, 0.05) is 13.2 Å².